The molecule has 4 nitrogen and oxygen atoms in total. The lowest BCUT2D eigenvalue weighted by Crippen LogP contribution is -2.34. The summed E-state index contributed by atoms with van der Waals surface area (Å²) in [6, 6.07) is 4.73. The van der Waals surface area contributed by atoms with Gasteiger partial charge in [0.25, 0.3) is 5.91 Å². The van der Waals surface area contributed by atoms with Crippen molar-refractivity contribution in [3.63, 3.8) is 0 Å². The van der Waals surface area contributed by atoms with Crippen LogP contribution in [0.3, 0.4) is 0 Å². The molecule has 0 aromatic heterocycles. The van der Waals surface area contributed by atoms with Gasteiger partial charge in [-0.25, -0.2) is 4.39 Å². The number of aliphatic hydroxyl groups excluding tert-OH is 1. The van der Waals surface area contributed by atoms with Crippen molar-refractivity contribution >= 4 is 5.91 Å². The first-order valence-electron chi connectivity index (χ1n) is 6.01. The third-order valence-electron chi connectivity index (χ3n) is 3.27. The number of hydrogen-bond donors (Lipinski definition) is 3. The molecule has 1 aliphatic rings. The van der Waals surface area contributed by atoms with Crippen LogP contribution in [0.4, 0.5) is 4.39 Å². The van der Waals surface area contributed by atoms with Crippen molar-refractivity contribution in [1.82, 2.24) is 10.6 Å². The Morgan fingerprint density at radius 3 is 3.00 bits per heavy atom. The monoisotopic (exact) mass is 252 g/mol. The molecule has 1 aromatic rings. The van der Waals surface area contributed by atoms with Gasteiger partial charge in [0.2, 0.25) is 0 Å². The maximum absolute atomic E-state index is 13.7. The Labute approximate surface area is 105 Å². The van der Waals surface area contributed by atoms with E-state index in [0.29, 0.717) is 25.2 Å². The smallest absolute Gasteiger partial charge is 0.254 e. The Kier molecular flexibility index (Phi) is 3.93. The Bertz CT molecular complexity index is 451. The summed E-state index contributed by atoms with van der Waals surface area (Å²) in [4.78, 5) is 11.8. The highest BCUT2D eigenvalue weighted by atomic mass is 19.1. The van der Waals surface area contributed by atoms with Crippen LogP contribution in [0, 0.1) is 18.7 Å². The van der Waals surface area contributed by atoms with E-state index in [1.165, 1.54) is 6.07 Å². The van der Waals surface area contributed by atoms with Crippen molar-refractivity contribution in [2.45, 2.75) is 13.0 Å². The molecule has 18 heavy (non-hydrogen) atoms. The first-order valence-corrected chi connectivity index (χ1v) is 6.01. The second-order valence-electron chi connectivity index (χ2n) is 4.63. The zero-order valence-corrected chi connectivity index (χ0v) is 10.2. The quantitative estimate of drug-likeness (QED) is 0.731. The summed E-state index contributed by atoms with van der Waals surface area (Å²) in [6.07, 6.45) is -0.451. The molecule has 5 heteroatoms. The minimum absolute atomic E-state index is 0.0122. The predicted molar refractivity (Wildman–Crippen MR) is 65.8 cm³/mol. The number of halogens is 1. The number of carbonyl (C=O) groups is 1. The van der Waals surface area contributed by atoms with Gasteiger partial charge in [-0.2, -0.15) is 0 Å². The molecule has 1 fully saturated rings. The molecule has 0 saturated carbocycles. The largest absolute Gasteiger partial charge is 0.391 e. The molecule has 1 aromatic carbocycles. The number of aliphatic hydroxyl groups is 1. The second kappa shape index (κ2) is 5.46. The van der Waals surface area contributed by atoms with Gasteiger partial charge >= 0.3 is 0 Å². The molecule has 98 valence electrons. The van der Waals surface area contributed by atoms with Gasteiger partial charge in [-0.3, -0.25) is 4.79 Å². The average Bonchev–Trinajstić information content (AvgIpc) is 2.75. The van der Waals surface area contributed by atoms with Crippen LogP contribution in [0.15, 0.2) is 18.2 Å². The fraction of sp³-hybridized carbons (Fsp3) is 0.462. The Morgan fingerprint density at radius 2 is 2.33 bits per heavy atom. The van der Waals surface area contributed by atoms with E-state index in [1.807, 2.05) is 0 Å². The van der Waals surface area contributed by atoms with Gasteiger partial charge in [-0.05, 0) is 18.6 Å². The summed E-state index contributed by atoms with van der Waals surface area (Å²) in [5.41, 5.74) is 0.501. The van der Waals surface area contributed by atoms with E-state index in [9.17, 15) is 14.3 Å². The topological polar surface area (TPSA) is 61.4 Å². The number of benzene rings is 1. The second-order valence-corrected chi connectivity index (χ2v) is 4.63. The Morgan fingerprint density at radius 1 is 1.56 bits per heavy atom. The van der Waals surface area contributed by atoms with Gasteiger partial charge in [0.05, 0.1) is 11.7 Å². The van der Waals surface area contributed by atoms with Crippen LogP contribution >= 0.6 is 0 Å². The number of rotatable bonds is 3. The maximum Gasteiger partial charge on any atom is 0.254 e. The van der Waals surface area contributed by atoms with Crippen LogP contribution in [0.25, 0.3) is 0 Å². The number of amides is 1. The fourth-order valence-electron chi connectivity index (χ4n) is 2.07. The van der Waals surface area contributed by atoms with E-state index >= 15 is 0 Å². The molecule has 0 aliphatic carbocycles. The summed E-state index contributed by atoms with van der Waals surface area (Å²) >= 11 is 0. The predicted octanol–water partition coefficient (Wildman–Crippen LogP) is 0.444. The van der Waals surface area contributed by atoms with E-state index in [2.05, 4.69) is 10.6 Å². The van der Waals surface area contributed by atoms with Gasteiger partial charge in [-0.15, -0.1) is 0 Å². The number of carbonyl (C=O) groups excluding carboxylic acids is 1. The van der Waals surface area contributed by atoms with Crippen molar-refractivity contribution in [3.05, 3.63) is 35.1 Å². The summed E-state index contributed by atoms with van der Waals surface area (Å²) < 4.78 is 13.7. The van der Waals surface area contributed by atoms with Crippen LogP contribution in [0.1, 0.15) is 15.9 Å². The zero-order chi connectivity index (χ0) is 13.1. The molecule has 2 rings (SSSR count). The van der Waals surface area contributed by atoms with Crippen LogP contribution in [0.5, 0.6) is 0 Å². The van der Waals surface area contributed by atoms with Crippen molar-refractivity contribution in [1.29, 1.82) is 0 Å². The van der Waals surface area contributed by atoms with Crippen LogP contribution in [-0.2, 0) is 0 Å². The number of β-amino-alcohol motifs (C(OH)–C–C–N with tert-alkyl or cyclic N) is 1. The van der Waals surface area contributed by atoms with Crippen molar-refractivity contribution in [3.8, 4) is 0 Å². The summed E-state index contributed by atoms with van der Waals surface area (Å²) in [6.45, 7) is 3.17. The van der Waals surface area contributed by atoms with E-state index in [0.717, 1.165) is 0 Å². The molecular formula is C13H17FN2O2. The van der Waals surface area contributed by atoms with Gasteiger partial charge in [0.15, 0.2) is 0 Å². The van der Waals surface area contributed by atoms with E-state index in [4.69, 9.17) is 0 Å². The molecule has 2 atom stereocenters. The highest BCUT2D eigenvalue weighted by Gasteiger charge is 2.25. The van der Waals surface area contributed by atoms with Crippen LogP contribution in [-0.4, -0.2) is 36.8 Å². The third-order valence-corrected chi connectivity index (χ3v) is 3.27. The summed E-state index contributed by atoms with van der Waals surface area (Å²) in [5.74, 6) is -0.933. The lowest BCUT2D eigenvalue weighted by Gasteiger charge is -2.14. The SMILES string of the molecule is Cc1cccc(C(=O)NCC2CNCC2O)c1F. The standard InChI is InChI=1S/C13H17FN2O2/c1-8-3-2-4-10(12(8)14)13(18)16-6-9-5-15-7-11(9)17/h2-4,9,11,15,17H,5-7H2,1H3,(H,16,18). The zero-order valence-electron chi connectivity index (χ0n) is 10.2. The Balaban J connectivity index is 1.97. The average molecular weight is 252 g/mol. The van der Waals surface area contributed by atoms with Gasteiger partial charge < -0.3 is 15.7 Å². The first-order chi connectivity index (χ1) is 8.59. The molecule has 0 radical (unpaired) electrons. The van der Waals surface area contributed by atoms with Crippen molar-refractivity contribution in [2.24, 2.45) is 5.92 Å². The Hall–Kier alpha value is -1.46. The van der Waals surface area contributed by atoms with E-state index < -0.39 is 17.8 Å². The number of aryl methyl sites for hydroxylation is 1. The molecule has 0 spiro atoms. The molecule has 1 heterocycles. The van der Waals surface area contributed by atoms with Crippen LogP contribution in [0.2, 0.25) is 0 Å². The van der Waals surface area contributed by atoms with Crippen LogP contribution < -0.4 is 10.6 Å². The summed E-state index contributed by atoms with van der Waals surface area (Å²) in [5, 5.41) is 15.3. The highest BCUT2D eigenvalue weighted by molar-refractivity contribution is 5.94. The molecule has 0 bridgehead atoms. The molecule has 3 N–H and O–H groups in total. The summed E-state index contributed by atoms with van der Waals surface area (Å²) in [7, 11) is 0. The van der Waals surface area contributed by atoms with Gasteiger partial charge in [0, 0.05) is 25.6 Å². The lowest BCUT2D eigenvalue weighted by atomic mass is 10.1. The third kappa shape index (κ3) is 2.68. The normalized spacial score (nSPS) is 23.1. The number of nitrogens with one attached hydrogen (secondary N) is 2. The van der Waals surface area contributed by atoms with E-state index in [1.54, 1.807) is 19.1 Å². The highest BCUT2D eigenvalue weighted by Crippen LogP contribution is 2.12. The van der Waals surface area contributed by atoms with Gasteiger partial charge in [0.1, 0.15) is 5.82 Å². The molecule has 2 unspecified atom stereocenters. The molecule has 1 aliphatic heterocycles. The van der Waals surface area contributed by atoms with E-state index in [-0.39, 0.29) is 11.5 Å². The molecule has 1 saturated heterocycles. The number of hydrogen-bond acceptors (Lipinski definition) is 3. The minimum Gasteiger partial charge on any atom is -0.391 e. The molecule has 1 amide bonds. The fourth-order valence-corrected chi connectivity index (χ4v) is 2.07. The van der Waals surface area contributed by atoms with Crippen molar-refractivity contribution < 1.29 is 14.3 Å². The van der Waals surface area contributed by atoms with Gasteiger partial charge in [-0.1, -0.05) is 12.1 Å². The molecular weight excluding hydrogens is 235 g/mol. The minimum atomic E-state index is -0.486. The first kappa shape index (κ1) is 13.0. The van der Waals surface area contributed by atoms with Crippen molar-refractivity contribution in [2.75, 3.05) is 19.6 Å². The maximum atomic E-state index is 13.7. The lowest BCUT2D eigenvalue weighted by molar-refractivity contribution is 0.0923.